The lowest BCUT2D eigenvalue weighted by molar-refractivity contribution is 0.0955. The second kappa shape index (κ2) is 7.10. The first kappa shape index (κ1) is 16.6. The van der Waals surface area contributed by atoms with Gasteiger partial charge in [0.05, 0.1) is 18.9 Å². The lowest BCUT2D eigenvalue weighted by atomic mass is 10.0. The summed E-state index contributed by atoms with van der Waals surface area (Å²) in [4.78, 5) is 18.6. The van der Waals surface area contributed by atoms with Gasteiger partial charge in [-0.05, 0) is 29.1 Å². The minimum absolute atomic E-state index is 0.135. The van der Waals surface area contributed by atoms with Crippen LogP contribution in [0.3, 0.4) is 0 Å². The van der Waals surface area contributed by atoms with Crippen molar-refractivity contribution in [3.63, 3.8) is 0 Å². The lowest BCUT2D eigenvalue weighted by Gasteiger charge is -2.08. The Balaban J connectivity index is 1.88. The van der Waals surface area contributed by atoms with E-state index in [1.54, 1.807) is 7.11 Å². The van der Waals surface area contributed by atoms with E-state index in [9.17, 15) is 4.79 Å². The molecule has 0 aliphatic carbocycles. The minimum atomic E-state index is -0.494. The van der Waals surface area contributed by atoms with E-state index in [1.807, 2.05) is 36.4 Å². The van der Waals surface area contributed by atoms with E-state index < -0.39 is 5.91 Å². The van der Waals surface area contributed by atoms with Crippen LogP contribution < -0.4 is 15.9 Å². The smallest absolute Gasteiger partial charge is 0.276 e. The van der Waals surface area contributed by atoms with Gasteiger partial charge in [-0.25, -0.2) is 10.4 Å². The van der Waals surface area contributed by atoms with Gasteiger partial charge in [0, 0.05) is 11.8 Å². The fourth-order valence-corrected chi connectivity index (χ4v) is 2.55. The van der Waals surface area contributed by atoms with Crippen molar-refractivity contribution in [1.29, 1.82) is 0 Å². The maximum absolute atomic E-state index is 12.2. The van der Waals surface area contributed by atoms with Gasteiger partial charge in [-0.3, -0.25) is 4.79 Å². The van der Waals surface area contributed by atoms with Gasteiger partial charge in [0.2, 0.25) is 0 Å². The summed E-state index contributed by atoms with van der Waals surface area (Å²) in [6.45, 7) is 0. The van der Waals surface area contributed by atoms with Gasteiger partial charge >= 0.3 is 0 Å². The molecule has 0 atom stereocenters. The standard InChI is InChI=1S/C17H15N5O2S/c1-24-14-7-6-10-4-2-3-5-11(10)12(14)9-20-22-16(23)13-8-19-17(25)21-15(13)18/h2-9H,1H3,(H,22,23)(H3,18,19,21,25)/b20-9+. The summed E-state index contributed by atoms with van der Waals surface area (Å²) in [7, 11) is 1.58. The predicted molar refractivity (Wildman–Crippen MR) is 99.4 cm³/mol. The van der Waals surface area contributed by atoms with Crippen molar-refractivity contribution in [3.05, 3.63) is 58.5 Å². The van der Waals surface area contributed by atoms with Crippen molar-refractivity contribution in [1.82, 2.24) is 15.4 Å². The Bertz CT molecular complexity index is 1030. The number of anilines is 1. The van der Waals surface area contributed by atoms with E-state index in [0.29, 0.717) is 5.75 Å². The number of hydrogen-bond acceptors (Lipinski definition) is 6. The molecule has 1 amide bonds. The number of carbonyl (C=O) groups is 1. The van der Waals surface area contributed by atoms with E-state index in [0.717, 1.165) is 16.3 Å². The first-order valence-electron chi connectivity index (χ1n) is 7.34. The Morgan fingerprint density at radius 3 is 2.92 bits per heavy atom. The highest BCUT2D eigenvalue weighted by Gasteiger charge is 2.10. The van der Waals surface area contributed by atoms with Gasteiger partial charge in [-0.15, -0.1) is 0 Å². The molecule has 0 spiro atoms. The zero-order chi connectivity index (χ0) is 17.8. The molecule has 0 unspecified atom stereocenters. The number of benzene rings is 2. The van der Waals surface area contributed by atoms with E-state index in [2.05, 4.69) is 20.5 Å². The molecule has 3 aromatic rings. The number of hydrogen-bond donors (Lipinski definition) is 3. The van der Waals surface area contributed by atoms with Crippen LogP contribution in [0.4, 0.5) is 5.82 Å². The number of carbonyl (C=O) groups excluding carboxylic acids is 1. The lowest BCUT2D eigenvalue weighted by Crippen LogP contribution is -2.20. The number of aromatic amines is 1. The molecule has 25 heavy (non-hydrogen) atoms. The summed E-state index contributed by atoms with van der Waals surface area (Å²) in [5.74, 6) is 0.295. The molecular weight excluding hydrogens is 338 g/mol. The molecule has 1 heterocycles. The van der Waals surface area contributed by atoms with E-state index in [-0.39, 0.29) is 16.2 Å². The Morgan fingerprint density at radius 1 is 1.36 bits per heavy atom. The van der Waals surface area contributed by atoms with Gasteiger partial charge < -0.3 is 15.5 Å². The minimum Gasteiger partial charge on any atom is -0.496 e. The van der Waals surface area contributed by atoms with Crippen LogP contribution in [0.1, 0.15) is 15.9 Å². The molecule has 0 saturated heterocycles. The van der Waals surface area contributed by atoms with Crippen molar-refractivity contribution in [2.45, 2.75) is 0 Å². The van der Waals surface area contributed by atoms with Crippen molar-refractivity contribution >= 4 is 40.9 Å². The normalized spacial score (nSPS) is 10.9. The highest BCUT2D eigenvalue weighted by atomic mass is 32.1. The van der Waals surface area contributed by atoms with Crippen LogP contribution in [-0.4, -0.2) is 29.2 Å². The summed E-state index contributed by atoms with van der Waals surface area (Å²) in [5, 5.41) is 6.02. The van der Waals surface area contributed by atoms with Crippen LogP contribution in [0, 0.1) is 4.77 Å². The molecule has 126 valence electrons. The average molecular weight is 353 g/mol. The van der Waals surface area contributed by atoms with Crippen molar-refractivity contribution < 1.29 is 9.53 Å². The molecule has 4 N–H and O–H groups in total. The van der Waals surface area contributed by atoms with Crippen LogP contribution in [0.5, 0.6) is 5.75 Å². The highest BCUT2D eigenvalue weighted by Crippen LogP contribution is 2.26. The van der Waals surface area contributed by atoms with Gasteiger partial charge in [-0.1, -0.05) is 30.3 Å². The number of nitrogens with zero attached hydrogens (tertiary/aromatic N) is 2. The van der Waals surface area contributed by atoms with Crippen molar-refractivity contribution in [2.75, 3.05) is 12.8 Å². The largest absolute Gasteiger partial charge is 0.496 e. The average Bonchev–Trinajstić information content (AvgIpc) is 2.61. The molecule has 0 bridgehead atoms. The van der Waals surface area contributed by atoms with Crippen LogP contribution >= 0.6 is 12.2 Å². The molecule has 0 saturated carbocycles. The fourth-order valence-electron chi connectivity index (χ4n) is 2.39. The Morgan fingerprint density at radius 2 is 2.16 bits per heavy atom. The maximum Gasteiger partial charge on any atom is 0.276 e. The van der Waals surface area contributed by atoms with Crippen molar-refractivity contribution in [3.8, 4) is 5.75 Å². The topological polar surface area (TPSA) is 105 Å². The number of methoxy groups -OCH3 is 1. The fraction of sp³-hybridized carbons (Fsp3) is 0.0588. The summed E-state index contributed by atoms with van der Waals surface area (Å²) in [5.41, 5.74) is 9.08. The molecule has 0 radical (unpaired) electrons. The monoisotopic (exact) mass is 353 g/mol. The molecule has 3 rings (SSSR count). The number of hydrazone groups is 1. The first-order chi connectivity index (χ1) is 12.1. The van der Waals surface area contributed by atoms with E-state index in [1.165, 1.54) is 12.4 Å². The van der Waals surface area contributed by atoms with Crippen LogP contribution in [0.2, 0.25) is 0 Å². The number of amides is 1. The molecule has 2 aromatic carbocycles. The molecule has 1 aromatic heterocycles. The number of H-pyrrole nitrogens is 1. The molecule has 7 nitrogen and oxygen atoms in total. The van der Waals surface area contributed by atoms with Crippen LogP contribution in [0.15, 0.2) is 47.7 Å². The summed E-state index contributed by atoms with van der Waals surface area (Å²) < 4.78 is 5.58. The van der Waals surface area contributed by atoms with Gasteiger partial charge in [0.15, 0.2) is 4.77 Å². The highest BCUT2D eigenvalue weighted by molar-refractivity contribution is 7.71. The number of fused-ring (bicyclic) bond motifs is 1. The third kappa shape index (κ3) is 3.48. The molecule has 0 aliphatic heterocycles. The third-order valence-corrected chi connectivity index (χ3v) is 3.81. The molecule has 8 heteroatoms. The van der Waals surface area contributed by atoms with Gasteiger partial charge in [0.25, 0.3) is 5.91 Å². The SMILES string of the molecule is COc1ccc2ccccc2c1/C=N/NC(=O)c1cnc(=S)[nH]c1N. The number of rotatable bonds is 4. The second-order valence-corrected chi connectivity index (χ2v) is 5.50. The first-order valence-corrected chi connectivity index (χ1v) is 7.75. The molecule has 0 fully saturated rings. The number of nitrogen functional groups attached to an aromatic ring is 1. The maximum atomic E-state index is 12.2. The number of aromatic nitrogens is 2. The van der Waals surface area contributed by atoms with E-state index in [4.69, 9.17) is 22.7 Å². The van der Waals surface area contributed by atoms with Gasteiger partial charge in [-0.2, -0.15) is 5.10 Å². The summed E-state index contributed by atoms with van der Waals surface area (Å²) >= 11 is 4.85. The van der Waals surface area contributed by atoms with Crippen LogP contribution in [-0.2, 0) is 0 Å². The Hall–Kier alpha value is -3.26. The number of nitrogens with two attached hydrogens (primary N) is 1. The van der Waals surface area contributed by atoms with E-state index >= 15 is 0 Å². The molecular formula is C17H15N5O2S. The van der Waals surface area contributed by atoms with Gasteiger partial charge in [0.1, 0.15) is 11.6 Å². The quantitative estimate of drug-likeness (QED) is 0.380. The second-order valence-electron chi connectivity index (χ2n) is 5.12. The van der Waals surface area contributed by atoms with Crippen LogP contribution in [0.25, 0.3) is 10.8 Å². The molecule has 0 aliphatic rings. The zero-order valence-electron chi connectivity index (χ0n) is 13.3. The summed E-state index contributed by atoms with van der Waals surface area (Å²) in [6, 6.07) is 11.6. The number of nitrogens with one attached hydrogen (secondary N) is 2. The summed E-state index contributed by atoms with van der Waals surface area (Å²) in [6.07, 6.45) is 2.84. The number of ether oxygens (including phenoxy) is 1. The predicted octanol–water partition coefficient (Wildman–Crippen LogP) is 2.65. The zero-order valence-corrected chi connectivity index (χ0v) is 14.1. The third-order valence-electron chi connectivity index (χ3n) is 3.60. The Kier molecular flexibility index (Phi) is 4.71. The Labute approximate surface area is 148 Å². The van der Waals surface area contributed by atoms with Crippen molar-refractivity contribution in [2.24, 2.45) is 5.10 Å².